The van der Waals surface area contributed by atoms with Gasteiger partial charge in [0.15, 0.2) is 9.84 Å². The van der Waals surface area contributed by atoms with Crippen LogP contribution in [-0.4, -0.2) is 49.1 Å². The van der Waals surface area contributed by atoms with E-state index in [2.05, 4.69) is 15.4 Å². The molecule has 0 aliphatic carbocycles. The predicted octanol–water partition coefficient (Wildman–Crippen LogP) is 4.00. The number of nitrogens with zero attached hydrogens (tertiary/aromatic N) is 3. The SMILES string of the molecule is COc1ccc(S(=O)(=O)CCCC(=O)Nc2cc(C)nn2-c2nc3ccc(OC)cc3s2)cc1. The highest BCUT2D eigenvalue weighted by Gasteiger charge is 2.17. The summed E-state index contributed by atoms with van der Waals surface area (Å²) in [4.78, 5) is 17.4. The number of rotatable bonds is 9. The fraction of sp³-hybridized carbons (Fsp3) is 0.261. The third-order valence-electron chi connectivity index (χ3n) is 5.10. The minimum absolute atomic E-state index is 0.0522. The zero-order valence-electron chi connectivity index (χ0n) is 18.9. The van der Waals surface area contributed by atoms with Crippen LogP contribution in [0.15, 0.2) is 53.4 Å². The van der Waals surface area contributed by atoms with Crippen LogP contribution in [0, 0.1) is 6.92 Å². The van der Waals surface area contributed by atoms with Gasteiger partial charge in [0.2, 0.25) is 11.0 Å². The van der Waals surface area contributed by atoms with E-state index < -0.39 is 9.84 Å². The third-order valence-corrected chi connectivity index (χ3v) is 7.91. The van der Waals surface area contributed by atoms with Crippen LogP contribution in [0.3, 0.4) is 0 Å². The molecule has 0 spiro atoms. The molecule has 4 rings (SSSR count). The van der Waals surface area contributed by atoms with E-state index in [1.54, 1.807) is 30.0 Å². The highest BCUT2D eigenvalue weighted by molar-refractivity contribution is 7.91. The first kappa shape index (κ1) is 23.7. The van der Waals surface area contributed by atoms with Gasteiger partial charge in [-0.25, -0.2) is 13.4 Å². The number of aryl methyl sites for hydroxylation is 1. The van der Waals surface area contributed by atoms with Crippen molar-refractivity contribution in [2.24, 2.45) is 0 Å². The second-order valence-electron chi connectivity index (χ2n) is 7.56. The van der Waals surface area contributed by atoms with Gasteiger partial charge in [0.05, 0.1) is 40.8 Å². The molecule has 178 valence electrons. The molecular formula is C23H24N4O5S2. The molecule has 0 atom stereocenters. The lowest BCUT2D eigenvalue weighted by atomic mass is 10.3. The Balaban J connectivity index is 1.42. The highest BCUT2D eigenvalue weighted by atomic mass is 32.2. The van der Waals surface area contributed by atoms with E-state index in [1.165, 1.54) is 30.6 Å². The number of anilines is 1. The molecular weight excluding hydrogens is 476 g/mol. The largest absolute Gasteiger partial charge is 0.497 e. The van der Waals surface area contributed by atoms with E-state index in [9.17, 15) is 13.2 Å². The van der Waals surface area contributed by atoms with Gasteiger partial charge < -0.3 is 14.8 Å². The lowest BCUT2D eigenvalue weighted by molar-refractivity contribution is -0.116. The summed E-state index contributed by atoms with van der Waals surface area (Å²) in [7, 11) is -0.369. The van der Waals surface area contributed by atoms with Crippen molar-refractivity contribution in [3.63, 3.8) is 0 Å². The van der Waals surface area contributed by atoms with E-state index in [0.29, 0.717) is 22.4 Å². The Hall–Kier alpha value is -3.44. The number of sulfone groups is 1. The van der Waals surface area contributed by atoms with E-state index >= 15 is 0 Å². The average Bonchev–Trinajstić information content (AvgIpc) is 3.41. The maximum absolute atomic E-state index is 12.6. The molecule has 11 heteroatoms. The van der Waals surface area contributed by atoms with Gasteiger partial charge in [-0.05, 0) is 55.8 Å². The van der Waals surface area contributed by atoms with Crippen LogP contribution in [0.5, 0.6) is 11.5 Å². The molecule has 2 heterocycles. The van der Waals surface area contributed by atoms with Crippen LogP contribution >= 0.6 is 11.3 Å². The molecule has 1 amide bonds. The quantitative estimate of drug-likeness (QED) is 0.370. The number of hydrogen-bond acceptors (Lipinski definition) is 8. The lowest BCUT2D eigenvalue weighted by Gasteiger charge is -2.08. The predicted molar refractivity (Wildman–Crippen MR) is 131 cm³/mol. The standard InChI is InChI=1S/C23H24N4O5S2/c1-15-13-21(27(26-15)23-24-19-11-8-17(32-3)14-20(19)33-23)25-22(28)5-4-12-34(29,30)18-9-6-16(31-2)7-10-18/h6-11,13-14H,4-5,12H2,1-3H3,(H,25,28). The second kappa shape index (κ2) is 9.82. The maximum atomic E-state index is 12.6. The van der Waals surface area contributed by atoms with Crippen molar-refractivity contribution >= 4 is 43.1 Å². The number of benzene rings is 2. The molecule has 0 unspecified atom stereocenters. The molecule has 0 saturated carbocycles. The molecule has 1 N–H and O–H groups in total. The summed E-state index contributed by atoms with van der Waals surface area (Å²) >= 11 is 1.43. The smallest absolute Gasteiger partial charge is 0.225 e. The first-order valence-electron chi connectivity index (χ1n) is 10.5. The second-order valence-corrected chi connectivity index (χ2v) is 10.7. The Labute approximate surface area is 201 Å². The van der Waals surface area contributed by atoms with Crippen molar-refractivity contribution in [2.45, 2.75) is 24.7 Å². The molecule has 0 bridgehead atoms. The van der Waals surface area contributed by atoms with E-state index in [4.69, 9.17) is 9.47 Å². The average molecular weight is 501 g/mol. The van der Waals surface area contributed by atoms with Crippen molar-refractivity contribution in [3.05, 3.63) is 54.2 Å². The summed E-state index contributed by atoms with van der Waals surface area (Å²) in [5.74, 6) is 1.36. The van der Waals surface area contributed by atoms with Gasteiger partial charge in [0, 0.05) is 12.5 Å². The summed E-state index contributed by atoms with van der Waals surface area (Å²) in [6, 6.07) is 13.6. The normalized spacial score (nSPS) is 11.5. The van der Waals surface area contributed by atoms with Gasteiger partial charge in [-0.2, -0.15) is 9.78 Å². The molecule has 0 aliphatic heterocycles. The van der Waals surface area contributed by atoms with Crippen molar-refractivity contribution in [2.75, 3.05) is 25.3 Å². The molecule has 0 fully saturated rings. The van der Waals surface area contributed by atoms with Crippen LogP contribution in [0.25, 0.3) is 15.3 Å². The molecule has 0 radical (unpaired) electrons. The number of nitrogens with one attached hydrogen (secondary N) is 1. The molecule has 2 aromatic heterocycles. The first-order chi connectivity index (χ1) is 16.3. The number of ether oxygens (including phenoxy) is 2. The van der Waals surface area contributed by atoms with Crippen molar-refractivity contribution < 1.29 is 22.7 Å². The Morgan fingerprint density at radius 2 is 1.76 bits per heavy atom. The Morgan fingerprint density at radius 1 is 1.06 bits per heavy atom. The number of methoxy groups -OCH3 is 2. The molecule has 0 saturated heterocycles. The fourth-order valence-electron chi connectivity index (χ4n) is 3.37. The number of fused-ring (bicyclic) bond motifs is 1. The van der Waals surface area contributed by atoms with E-state index in [-0.39, 0.29) is 29.4 Å². The third kappa shape index (κ3) is 5.20. The van der Waals surface area contributed by atoms with Gasteiger partial charge in [0.1, 0.15) is 17.3 Å². The van der Waals surface area contributed by atoms with Crippen LogP contribution < -0.4 is 14.8 Å². The van der Waals surface area contributed by atoms with E-state index in [0.717, 1.165) is 16.0 Å². The van der Waals surface area contributed by atoms with Crippen LogP contribution in [0.4, 0.5) is 5.82 Å². The van der Waals surface area contributed by atoms with Crippen LogP contribution in [0.2, 0.25) is 0 Å². The molecule has 0 aliphatic rings. The summed E-state index contributed by atoms with van der Waals surface area (Å²) < 4.78 is 37.9. The molecule has 9 nitrogen and oxygen atoms in total. The summed E-state index contributed by atoms with van der Waals surface area (Å²) in [6.07, 6.45) is 0.241. The zero-order chi connectivity index (χ0) is 24.3. The van der Waals surface area contributed by atoms with Crippen molar-refractivity contribution in [1.29, 1.82) is 0 Å². The fourth-order valence-corrected chi connectivity index (χ4v) is 5.64. The topological polar surface area (TPSA) is 112 Å². The monoisotopic (exact) mass is 500 g/mol. The van der Waals surface area contributed by atoms with Gasteiger partial charge in [-0.15, -0.1) is 0 Å². The lowest BCUT2D eigenvalue weighted by Crippen LogP contribution is -2.16. The van der Waals surface area contributed by atoms with Gasteiger partial charge in [-0.1, -0.05) is 11.3 Å². The zero-order valence-corrected chi connectivity index (χ0v) is 20.6. The van der Waals surface area contributed by atoms with Gasteiger partial charge in [-0.3, -0.25) is 4.79 Å². The molecule has 4 aromatic rings. The number of amides is 1. The Morgan fingerprint density at radius 3 is 2.47 bits per heavy atom. The summed E-state index contributed by atoms with van der Waals surface area (Å²) in [5.41, 5.74) is 1.52. The van der Waals surface area contributed by atoms with Gasteiger partial charge in [0.25, 0.3) is 0 Å². The number of aromatic nitrogens is 3. The van der Waals surface area contributed by atoms with Crippen LogP contribution in [-0.2, 0) is 14.6 Å². The number of thiazole rings is 1. The highest BCUT2D eigenvalue weighted by Crippen LogP contribution is 2.30. The minimum Gasteiger partial charge on any atom is -0.497 e. The Kier molecular flexibility index (Phi) is 6.85. The van der Waals surface area contributed by atoms with Crippen molar-refractivity contribution in [1.82, 2.24) is 14.8 Å². The van der Waals surface area contributed by atoms with Crippen LogP contribution in [0.1, 0.15) is 18.5 Å². The maximum Gasteiger partial charge on any atom is 0.225 e. The number of hydrogen-bond donors (Lipinski definition) is 1. The van der Waals surface area contributed by atoms with Gasteiger partial charge >= 0.3 is 0 Å². The molecule has 2 aromatic carbocycles. The summed E-state index contributed by atoms with van der Waals surface area (Å²) in [5, 5.41) is 7.89. The minimum atomic E-state index is -3.49. The number of carbonyl (C=O) groups is 1. The summed E-state index contributed by atoms with van der Waals surface area (Å²) in [6.45, 7) is 1.82. The Bertz CT molecular complexity index is 1430. The van der Waals surface area contributed by atoms with E-state index in [1.807, 2.05) is 25.1 Å². The van der Waals surface area contributed by atoms with Crippen molar-refractivity contribution in [3.8, 4) is 16.6 Å². The first-order valence-corrected chi connectivity index (χ1v) is 12.9. The molecule has 34 heavy (non-hydrogen) atoms. The number of carbonyl (C=O) groups excluding carboxylic acids is 1.